The first-order valence-electron chi connectivity index (χ1n) is 9.24. The lowest BCUT2D eigenvalue weighted by Gasteiger charge is -2.32. The Morgan fingerprint density at radius 3 is 3.00 bits per heavy atom. The molecule has 8 heteroatoms. The molecule has 2 heterocycles. The van der Waals surface area contributed by atoms with Gasteiger partial charge in [-0.15, -0.1) is 10.2 Å². The number of anilines is 1. The molecule has 1 saturated heterocycles. The van der Waals surface area contributed by atoms with Crippen molar-refractivity contribution in [2.75, 3.05) is 24.2 Å². The Balaban J connectivity index is 1.53. The van der Waals surface area contributed by atoms with Crippen molar-refractivity contribution in [3.05, 3.63) is 34.9 Å². The molecule has 27 heavy (non-hydrogen) atoms. The molecule has 0 aliphatic carbocycles. The number of carbonyl (C=O) groups excluding carboxylic acids is 1. The summed E-state index contributed by atoms with van der Waals surface area (Å²) in [4.78, 5) is 15.0. The number of piperidine rings is 1. The molecule has 0 unspecified atom stereocenters. The van der Waals surface area contributed by atoms with Crippen molar-refractivity contribution < 1.29 is 4.79 Å². The Morgan fingerprint density at radius 2 is 2.22 bits per heavy atom. The average Bonchev–Trinajstić information content (AvgIpc) is 3.09. The number of amides is 1. The van der Waals surface area contributed by atoms with Crippen molar-refractivity contribution in [2.24, 2.45) is 11.8 Å². The van der Waals surface area contributed by atoms with E-state index in [9.17, 15) is 4.79 Å². The van der Waals surface area contributed by atoms with Gasteiger partial charge in [-0.3, -0.25) is 9.69 Å². The van der Waals surface area contributed by atoms with Crippen molar-refractivity contribution >= 4 is 45.7 Å². The van der Waals surface area contributed by atoms with E-state index in [2.05, 4.69) is 34.3 Å². The summed E-state index contributed by atoms with van der Waals surface area (Å²) in [5.41, 5.74) is 1.11. The highest BCUT2D eigenvalue weighted by molar-refractivity contribution is 8.01. The maximum atomic E-state index is 12.7. The molecule has 1 atom stereocenters. The van der Waals surface area contributed by atoms with Gasteiger partial charge in [-0.1, -0.05) is 66.7 Å². The molecule has 0 radical (unpaired) electrons. The van der Waals surface area contributed by atoms with Crippen molar-refractivity contribution in [1.82, 2.24) is 15.1 Å². The molecule has 0 spiro atoms. The van der Waals surface area contributed by atoms with Gasteiger partial charge in [0, 0.05) is 23.9 Å². The van der Waals surface area contributed by atoms with Gasteiger partial charge in [0.25, 0.3) is 0 Å². The number of hydrogen-bond acceptors (Lipinski definition) is 6. The van der Waals surface area contributed by atoms with Crippen LogP contribution in [0.5, 0.6) is 0 Å². The van der Waals surface area contributed by atoms with E-state index >= 15 is 0 Å². The number of benzene rings is 1. The number of halogens is 1. The van der Waals surface area contributed by atoms with Gasteiger partial charge >= 0.3 is 0 Å². The summed E-state index contributed by atoms with van der Waals surface area (Å²) in [6.45, 7) is 6.86. The summed E-state index contributed by atoms with van der Waals surface area (Å²) in [5.74, 6) is 1.61. The molecule has 1 fully saturated rings. The van der Waals surface area contributed by atoms with Crippen molar-refractivity contribution in [3.8, 4) is 0 Å². The van der Waals surface area contributed by atoms with E-state index in [0.717, 1.165) is 53.2 Å². The van der Waals surface area contributed by atoms with Crippen LogP contribution in [0.1, 0.15) is 32.3 Å². The van der Waals surface area contributed by atoms with E-state index in [1.54, 1.807) is 11.8 Å². The van der Waals surface area contributed by atoms with Crippen LogP contribution in [0.15, 0.2) is 28.6 Å². The summed E-state index contributed by atoms with van der Waals surface area (Å²) in [6, 6.07) is 7.90. The monoisotopic (exact) mass is 424 g/mol. The van der Waals surface area contributed by atoms with Crippen molar-refractivity contribution in [2.45, 2.75) is 37.6 Å². The number of nitrogens with zero attached hydrogens (tertiary/aromatic N) is 3. The second kappa shape index (κ2) is 9.87. The number of nitrogens with one attached hydrogen (secondary N) is 1. The lowest BCUT2D eigenvalue weighted by atomic mass is 9.97. The fraction of sp³-hybridized carbons (Fsp3) is 0.526. The molecule has 0 bridgehead atoms. The number of aromatic nitrogens is 2. The van der Waals surface area contributed by atoms with Crippen molar-refractivity contribution in [3.63, 3.8) is 0 Å². The third-order valence-electron chi connectivity index (χ3n) is 4.40. The average molecular weight is 425 g/mol. The van der Waals surface area contributed by atoms with Gasteiger partial charge in [-0.2, -0.15) is 0 Å². The predicted molar refractivity (Wildman–Crippen MR) is 114 cm³/mol. The highest BCUT2D eigenvalue weighted by Gasteiger charge is 2.27. The van der Waals surface area contributed by atoms with Gasteiger partial charge in [0.05, 0.1) is 5.92 Å². The smallest absolute Gasteiger partial charge is 0.230 e. The fourth-order valence-corrected chi connectivity index (χ4v) is 4.97. The van der Waals surface area contributed by atoms with Gasteiger partial charge in [0.2, 0.25) is 11.0 Å². The molecule has 5 nitrogen and oxygen atoms in total. The summed E-state index contributed by atoms with van der Waals surface area (Å²) in [7, 11) is 0. The topological polar surface area (TPSA) is 58.1 Å². The highest BCUT2D eigenvalue weighted by atomic mass is 35.5. The molecule has 2 aromatic rings. The minimum Gasteiger partial charge on any atom is -0.300 e. The molecule has 1 aliphatic rings. The first kappa shape index (κ1) is 20.6. The molecule has 146 valence electrons. The minimum absolute atomic E-state index is 0.0306. The van der Waals surface area contributed by atoms with Crippen LogP contribution in [0.4, 0.5) is 5.13 Å². The van der Waals surface area contributed by atoms with Crippen LogP contribution in [-0.2, 0) is 11.3 Å². The van der Waals surface area contributed by atoms with Crippen LogP contribution in [-0.4, -0.2) is 39.8 Å². The third kappa shape index (κ3) is 6.17. The molecular formula is C19H25ClN4OS2. The van der Waals surface area contributed by atoms with Gasteiger partial charge in [-0.25, -0.2) is 0 Å². The molecule has 0 saturated carbocycles. The van der Waals surface area contributed by atoms with E-state index in [0.29, 0.717) is 11.0 Å². The molecule has 1 amide bonds. The lowest BCUT2D eigenvalue weighted by Crippen LogP contribution is -2.40. The molecule has 1 aromatic carbocycles. The maximum Gasteiger partial charge on any atom is 0.230 e. The summed E-state index contributed by atoms with van der Waals surface area (Å²) in [6.07, 6.45) is 1.91. The molecule has 1 N–H and O–H groups in total. The summed E-state index contributed by atoms with van der Waals surface area (Å²) >= 11 is 9.41. The zero-order chi connectivity index (χ0) is 19.2. The Kier molecular flexibility index (Phi) is 7.52. The Labute approximate surface area is 173 Å². The van der Waals surface area contributed by atoms with Crippen LogP contribution < -0.4 is 5.32 Å². The second-order valence-corrected chi connectivity index (χ2v) is 9.88. The molecule has 3 rings (SSSR count). The number of thioether (sulfide) groups is 1. The molecule has 1 aromatic heterocycles. The number of rotatable bonds is 7. The van der Waals surface area contributed by atoms with Crippen molar-refractivity contribution in [1.29, 1.82) is 0 Å². The second-order valence-electron chi connectivity index (χ2n) is 7.23. The van der Waals surface area contributed by atoms with Gasteiger partial charge in [0.15, 0.2) is 4.34 Å². The number of hydrogen-bond donors (Lipinski definition) is 1. The molecule has 1 aliphatic heterocycles. The predicted octanol–water partition coefficient (Wildman–Crippen LogP) is 4.79. The van der Waals surface area contributed by atoms with Crippen LogP contribution in [0.3, 0.4) is 0 Å². The zero-order valence-electron chi connectivity index (χ0n) is 15.7. The van der Waals surface area contributed by atoms with E-state index in [-0.39, 0.29) is 11.8 Å². The first-order valence-corrected chi connectivity index (χ1v) is 11.4. The van der Waals surface area contributed by atoms with Crippen LogP contribution >= 0.6 is 34.7 Å². The molecular weight excluding hydrogens is 400 g/mol. The SMILES string of the molecule is CC(C)CSc1nnc(NC(=O)[C@@H]2CCCN(Cc3ccccc3Cl)C2)s1. The Bertz CT molecular complexity index is 768. The number of likely N-dealkylation sites (tertiary alicyclic amines) is 1. The van der Waals surface area contributed by atoms with E-state index in [1.165, 1.54) is 11.3 Å². The highest BCUT2D eigenvalue weighted by Crippen LogP contribution is 2.28. The fourth-order valence-electron chi connectivity index (χ4n) is 3.04. The summed E-state index contributed by atoms with van der Waals surface area (Å²) in [5, 5.41) is 12.6. The zero-order valence-corrected chi connectivity index (χ0v) is 18.0. The third-order valence-corrected chi connectivity index (χ3v) is 7.17. The van der Waals surface area contributed by atoms with Crippen LogP contribution in [0, 0.1) is 11.8 Å². The van der Waals surface area contributed by atoms with Crippen LogP contribution in [0.2, 0.25) is 5.02 Å². The maximum absolute atomic E-state index is 12.7. The van der Waals surface area contributed by atoms with Gasteiger partial charge < -0.3 is 5.32 Å². The number of carbonyl (C=O) groups is 1. The van der Waals surface area contributed by atoms with E-state index < -0.39 is 0 Å². The van der Waals surface area contributed by atoms with Gasteiger partial charge in [-0.05, 0) is 36.9 Å². The standard InChI is InChI=1S/C19H25ClN4OS2/c1-13(2)12-26-19-23-22-18(27-19)21-17(25)15-7-5-9-24(11-15)10-14-6-3-4-8-16(14)20/h3-4,6,8,13,15H,5,7,9-12H2,1-2H3,(H,21,22,25)/t15-/m1/s1. The minimum atomic E-state index is -0.0306. The van der Waals surface area contributed by atoms with Crippen LogP contribution in [0.25, 0.3) is 0 Å². The first-order chi connectivity index (χ1) is 13.0. The van der Waals surface area contributed by atoms with E-state index in [1.807, 2.05) is 24.3 Å². The summed E-state index contributed by atoms with van der Waals surface area (Å²) < 4.78 is 0.906. The lowest BCUT2D eigenvalue weighted by molar-refractivity contribution is -0.121. The quantitative estimate of drug-likeness (QED) is 0.511. The Hall–Kier alpha value is -1.15. The largest absolute Gasteiger partial charge is 0.300 e. The van der Waals surface area contributed by atoms with Gasteiger partial charge in [0.1, 0.15) is 0 Å². The van der Waals surface area contributed by atoms with E-state index in [4.69, 9.17) is 11.6 Å². The Morgan fingerprint density at radius 1 is 1.41 bits per heavy atom. The normalized spacial score (nSPS) is 18.0.